The number of rotatable bonds is 4. The van der Waals surface area contributed by atoms with E-state index in [0.29, 0.717) is 23.3 Å². The second-order valence-electron chi connectivity index (χ2n) is 7.04. The summed E-state index contributed by atoms with van der Waals surface area (Å²) in [5, 5.41) is 4.55. The predicted octanol–water partition coefficient (Wildman–Crippen LogP) is 2.93. The number of piperazine rings is 1. The molecule has 0 spiro atoms. The molecule has 9 heteroatoms. The van der Waals surface area contributed by atoms with Crippen LogP contribution in [0.15, 0.2) is 58.4 Å². The molecule has 5 heterocycles. The molecule has 1 aliphatic heterocycles. The Morgan fingerprint density at radius 2 is 1.90 bits per heavy atom. The van der Waals surface area contributed by atoms with E-state index in [1.165, 1.54) is 22.2 Å². The predicted molar refractivity (Wildman–Crippen MR) is 120 cm³/mol. The van der Waals surface area contributed by atoms with E-state index in [4.69, 9.17) is 0 Å². The van der Waals surface area contributed by atoms with Crippen molar-refractivity contribution in [2.24, 2.45) is 0 Å². The number of fused-ring (bicyclic) bond motifs is 1. The van der Waals surface area contributed by atoms with E-state index in [1.807, 2.05) is 46.0 Å². The summed E-state index contributed by atoms with van der Waals surface area (Å²) in [6.45, 7) is 2.67. The zero-order valence-corrected chi connectivity index (χ0v) is 17.7. The fourth-order valence-corrected chi connectivity index (χ4v) is 5.39. The van der Waals surface area contributed by atoms with Crippen molar-refractivity contribution in [1.82, 2.24) is 19.4 Å². The summed E-state index contributed by atoms with van der Waals surface area (Å²) >= 11 is 3.05. The van der Waals surface area contributed by atoms with Gasteiger partial charge in [-0.15, -0.1) is 22.7 Å². The molecule has 1 amide bonds. The highest BCUT2D eigenvalue weighted by Gasteiger charge is 2.23. The molecule has 0 aromatic carbocycles. The molecule has 0 aliphatic carbocycles. The van der Waals surface area contributed by atoms with Gasteiger partial charge in [-0.3, -0.25) is 14.2 Å². The number of pyridine rings is 1. The molecule has 0 saturated carbocycles. The van der Waals surface area contributed by atoms with Crippen molar-refractivity contribution in [3.8, 4) is 10.4 Å². The minimum atomic E-state index is -0.162. The summed E-state index contributed by atoms with van der Waals surface area (Å²) in [4.78, 5) is 40.5. The topological polar surface area (TPSA) is 71.3 Å². The largest absolute Gasteiger partial charge is 0.353 e. The second-order valence-corrected chi connectivity index (χ2v) is 8.85. The van der Waals surface area contributed by atoms with Gasteiger partial charge >= 0.3 is 0 Å². The van der Waals surface area contributed by atoms with Crippen LogP contribution >= 0.6 is 22.7 Å². The molecule has 5 rings (SSSR count). The number of amides is 1. The molecule has 7 nitrogen and oxygen atoms in total. The molecule has 1 aliphatic rings. The number of nitrogens with zero attached hydrogens (tertiary/aromatic N) is 5. The molecule has 0 atom stereocenters. The van der Waals surface area contributed by atoms with Gasteiger partial charge in [-0.1, -0.05) is 12.1 Å². The highest BCUT2D eigenvalue weighted by atomic mass is 32.1. The van der Waals surface area contributed by atoms with Crippen LogP contribution in [-0.4, -0.2) is 51.5 Å². The van der Waals surface area contributed by atoms with Crippen molar-refractivity contribution >= 4 is 44.6 Å². The van der Waals surface area contributed by atoms with Gasteiger partial charge in [0.25, 0.3) is 5.56 Å². The number of aromatic nitrogens is 3. The summed E-state index contributed by atoms with van der Waals surface area (Å²) in [6, 6.07) is 9.79. The maximum atomic E-state index is 13.1. The molecule has 0 radical (unpaired) electrons. The Labute approximate surface area is 180 Å². The Kier molecular flexibility index (Phi) is 5.06. The smallest absolute Gasteiger partial charge is 0.263 e. The van der Waals surface area contributed by atoms with E-state index in [2.05, 4.69) is 14.9 Å². The molecule has 1 saturated heterocycles. The van der Waals surface area contributed by atoms with Crippen LogP contribution in [0, 0.1) is 0 Å². The molecule has 152 valence electrons. The third-order valence-electron chi connectivity index (χ3n) is 5.26. The zero-order valence-electron chi connectivity index (χ0n) is 16.1. The van der Waals surface area contributed by atoms with Gasteiger partial charge in [0.05, 0.1) is 11.7 Å². The molecule has 1 fully saturated rings. The van der Waals surface area contributed by atoms with E-state index < -0.39 is 0 Å². The molecule has 0 unspecified atom stereocenters. The third kappa shape index (κ3) is 3.50. The van der Waals surface area contributed by atoms with E-state index in [1.54, 1.807) is 17.5 Å². The number of carbonyl (C=O) groups is 1. The first-order chi connectivity index (χ1) is 14.7. The summed E-state index contributed by atoms with van der Waals surface area (Å²) in [7, 11) is 0. The number of thiophene rings is 2. The number of hydrogen-bond donors (Lipinski definition) is 0. The number of hydrogen-bond acceptors (Lipinski definition) is 7. The SMILES string of the molecule is O=C(Cn1cnc2scc(-c3cccs3)c2c1=O)N1CCN(c2ccccn2)CC1. The van der Waals surface area contributed by atoms with E-state index >= 15 is 0 Å². The lowest BCUT2D eigenvalue weighted by Gasteiger charge is -2.35. The Morgan fingerprint density at radius 3 is 2.63 bits per heavy atom. The molecule has 4 aromatic heterocycles. The molecule has 4 aromatic rings. The van der Waals surface area contributed by atoms with Gasteiger partial charge in [0.2, 0.25) is 5.91 Å². The Morgan fingerprint density at radius 1 is 1.03 bits per heavy atom. The summed E-state index contributed by atoms with van der Waals surface area (Å²) in [5.41, 5.74) is 0.735. The summed E-state index contributed by atoms with van der Waals surface area (Å²) in [5.74, 6) is 0.862. The van der Waals surface area contributed by atoms with Crippen molar-refractivity contribution in [1.29, 1.82) is 0 Å². The monoisotopic (exact) mass is 437 g/mol. The molecular weight excluding hydrogens is 418 g/mol. The number of carbonyl (C=O) groups excluding carboxylic acids is 1. The average molecular weight is 438 g/mol. The van der Waals surface area contributed by atoms with E-state index in [-0.39, 0.29) is 18.0 Å². The Hall–Kier alpha value is -3.04. The van der Waals surface area contributed by atoms with Crippen LogP contribution in [0.1, 0.15) is 0 Å². The first kappa shape index (κ1) is 19.0. The standard InChI is InChI=1S/C21H19N5O2S2/c27-18(25-9-7-24(8-10-25)17-5-1-2-6-22-17)12-26-14-23-20-19(21(26)28)15(13-30-20)16-4-3-11-29-16/h1-6,11,13-14H,7-10,12H2. The van der Waals surface area contributed by atoms with Crippen LogP contribution in [0.25, 0.3) is 20.7 Å². The minimum Gasteiger partial charge on any atom is -0.353 e. The molecular formula is C21H19N5O2S2. The zero-order chi connectivity index (χ0) is 20.5. The lowest BCUT2D eigenvalue weighted by molar-refractivity contribution is -0.132. The van der Waals surface area contributed by atoms with Crippen LogP contribution in [0.5, 0.6) is 0 Å². The molecule has 0 bridgehead atoms. The van der Waals surface area contributed by atoms with Gasteiger partial charge in [-0.05, 0) is 23.6 Å². The fourth-order valence-electron chi connectivity index (χ4n) is 3.66. The highest BCUT2D eigenvalue weighted by molar-refractivity contribution is 7.18. The lowest BCUT2D eigenvalue weighted by Crippen LogP contribution is -2.50. The Balaban J connectivity index is 1.32. The van der Waals surface area contributed by atoms with Crippen LogP contribution in [0.4, 0.5) is 5.82 Å². The van der Waals surface area contributed by atoms with Gasteiger partial charge in [0.15, 0.2) is 0 Å². The van der Waals surface area contributed by atoms with Crippen LogP contribution < -0.4 is 10.5 Å². The first-order valence-electron chi connectivity index (χ1n) is 9.65. The maximum Gasteiger partial charge on any atom is 0.263 e. The highest BCUT2D eigenvalue weighted by Crippen LogP contribution is 2.33. The number of anilines is 1. The summed E-state index contributed by atoms with van der Waals surface area (Å²) in [6.07, 6.45) is 3.26. The maximum absolute atomic E-state index is 13.1. The average Bonchev–Trinajstić information content (AvgIpc) is 3.46. The van der Waals surface area contributed by atoms with Crippen molar-refractivity contribution in [3.63, 3.8) is 0 Å². The van der Waals surface area contributed by atoms with Gasteiger partial charge in [0, 0.05) is 48.2 Å². The molecule has 0 N–H and O–H groups in total. The first-order valence-corrected chi connectivity index (χ1v) is 11.4. The van der Waals surface area contributed by atoms with Gasteiger partial charge in [0.1, 0.15) is 17.2 Å². The Bertz CT molecular complexity index is 1230. The van der Waals surface area contributed by atoms with Crippen molar-refractivity contribution in [2.75, 3.05) is 31.1 Å². The lowest BCUT2D eigenvalue weighted by atomic mass is 10.2. The fraction of sp³-hybridized carbons (Fsp3) is 0.238. The van der Waals surface area contributed by atoms with Gasteiger partial charge < -0.3 is 9.80 Å². The van der Waals surface area contributed by atoms with Gasteiger partial charge in [-0.25, -0.2) is 9.97 Å². The van der Waals surface area contributed by atoms with Crippen molar-refractivity contribution < 1.29 is 4.79 Å². The van der Waals surface area contributed by atoms with Crippen molar-refractivity contribution in [3.05, 3.63) is 64.0 Å². The quantitative estimate of drug-likeness (QED) is 0.491. The van der Waals surface area contributed by atoms with Crippen LogP contribution in [0.3, 0.4) is 0 Å². The second kappa shape index (κ2) is 8.00. The molecule has 30 heavy (non-hydrogen) atoms. The van der Waals surface area contributed by atoms with Crippen LogP contribution in [0.2, 0.25) is 0 Å². The summed E-state index contributed by atoms with van der Waals surface area (Å²) < 4.78 is 1.43. The minimum absolute atomic E-state index is 0.00505. The van der Waals surface area contributed by atoms with E-state index in [9.17, 15) is 9.59 Å². The third-order valence-corrected chi connectivity index (χ3v) is 7.05. The van der Waals surface area contributed by atoms with Crippen LogP contribution in [-0.2, 0) is 11.3 Å². The van der Waals surface area contributed by atoms with E-state index in [0.717, 1.165) is 29.3 Å². The van der Waals surface area contributed by atoms with Crippen molar-refractivity contribution in [2.45, 2.75) is 6.54 Å². The normalized spacial score (nSPS) is 14.4. The van der Waals surface area contributed by atoms with Gasteiger partial charge in [-0.2, -0.15) is 0 Å².